The first-order chi connectivity index (χ1) is 9.51. The van der Waals surface area contributed by atoms with Gasteiger partial charge in [-0.2, -0.15) is 0 Å². The van der Waals surface area contributed by atoms with E-state index in [0.717, 1.165) is 0 Å². The lowest BCUT2D eigenvalue weighted by molar-refractivity contribution is -0.385. The Kier molecular flexibility index (Phi) is 3.65. The van der Waals surface area contributed by atoms with Crippen molar-refractivity contribution in [1.82, 2.24) is 9.78 Å². The number of aromatic nitrogens is 2. The molecule has 0 amide bonds. The Morgan fingerprint density at radius 1 is 1.35 bits per heavy atom. The fourth-order valence-corrected chi connectivity index (χ4v) is 1.54. The largest absolute Gasteiger partial charge is 0.465 e. The van der Waals surface area contributed by atoms with Crippen molar-refractivity contribution in [3.8, 4) is 11.6 Å². The molecule has 1 heterocycles. The van der Waals surface area contributed by atoms with Crippen molar-refractivity contribution in [1.29, 1.82) is 0 Å². The summed E-state index contributed by atoms with van der Waals surface area (Å²) in [6.07, 6.45) is 1.25. The van der Waals surface area contributed by atoms with Crippen LogP contribution < -0.4 is 4.74 Å². The van der Waals surface area contributed by atoms with Crippen molar-refractivity contribution in [2.75, 3.05) is 7.11 Å². The maximum Gasteiger partial charge on any atom is 0.350 e. The molecular formula is C12H11N3O5. The predicted octanol–water partition coefficient (Wildman–Crippen LogP) is 1.91. The maximum absolute atomic E-state index is 11.3. The normalized spacial score (nSPS) is 10.1. The van der Waals surface area contributed by atoms with Crippen LogP contribution in [0.2, 0.25) is 0 Å². The molecule has 2 aromatic rings. The third kappa shape index (κ3) is 2.74. The van der Waals surface area contributed by atoms with Gasteiger partial charge in [-0.15, -0.1) is 5.10 Å². The Morgan fingerprint density at radius 3 is 2.55 bits per heavy atom. The highest BCUT2D eigenvalue weighted by molar-refractivity contribution is 5.89. The second-order valence-electron chi connectivity index (χ2n) is 3.87. The standard InChI is InChI=1S/C12H11N3O5/c1-14-7-10(15(17)18)11(13-14)20-9-5-3-8(4-6-9)12(16)19-2/h3-7H,1-2H3. The van der Waals surface area contributed by atoms with Gasteiger partial charge in [0, 0.05) is 7.05 Å². The van der Waals surface area contributed by atoms with Crippen molar-refractivity contribution in [2.24, 2.45) is 7.05 Å². The number of benzene rings is 1. The molecular weight excluding hydrogens is 266 g/mol. The van der Waals surface area contributed by atoms with Crippen molar-refractivity contribution in [3.05, 3.63) is 46.1 Å². The Hall–Kier alpha value is -2.90. The third-order valence-corrected chi connectivity index (χ3v) is 2.46. The van der Waals surface area contributed by atoms with Crippen molar-refractivity contribution >= 4 is 11.7 Å². The van der Waals surface area contributed by atoms with Crippen molar-refractivity contribution < 1.29 is 19.2 Å². The quantitative estimate of drug-likeness (QED) is 0.481. The average molecular weight is 277 g/mol. The summed E-state index contributed by atoms with van der Waals surface area (Å²) in [5.41, 5.74) is 0.125. The first-order valence-electron chi connectivity index (χ1n) is 5.55. The number of carbonyl (C=O) groups is 1. The lowest BCUT2D eigenvalue weighted by atomic mass is 10.2. The number of aryl methyl sites for hydroxylation is 1. The molecule has 2 rings (SSSR count). The fraction of sp³-hybridized carbons (Fsp3) is 0.167. The molecule has 0 N–H and O–H groups in total. The minimum absolute atomic E-state index is 0.108. The molecule has 0 spiro atoms. The lowest BCUT2D eigenvalue weighted by Crippen LogP contribution is -2.00. The summed E-state index contributed by atoms with van der Waals surface area (Å²) in [6, 6.07) is 6.00. The molecule has 0 aliphatic rings. The van der Waals surface area contributed by atoms with Gasteiger partial charge in [-0.3, -0.25) is 14.8 Å². The van der Waals surface area contributed by atoms with E-state index in [1.165, 1.54) is 42.3 Å². The molecule has 20 heavy (non-hydrogen) atoms. The predicted molar refractivity (Wildman–Crippen MR) is 67.7 cm³/mol. The average Bonchev–Trinajstić information content (AvgIpc) is 2.80. The van der Waals surface area contributed by atoms with Crippen LogP contribution in [-0.4, -0.2) is 27.8 Å². The van der Waals surface area contributed by atoms with E-state index >= 15 is 0 Å². The van der Waals surface area contributed by atoms with E-state index in [-0.39, 0.29) is 11.6 Å². The summed E-state index contributed by atoms with van der Waals surface area (Å²) in [5.74, 6) is -0.247. The number of rotatable bonds is 4. The summed E-state index contributed by atoms with van der Waals surface area (Å²) in [5, 5.41) is 14.7. The van der Waals surface area contributed by atoms with Gasteiger partial charge in [0.1, 0.15) is 11.9 Å². The highest BCUT2D eigenvalue weighted by Crippen LogP contribution is 2.29. The number of nitro groups is 1. The van der Waals surface area contributed by atoms with Gasteiger partial charge in [-0.1, -0.05) is 0 Å². The fourth-order valence-electron chi connectivity index (χ4n) is 1.54. The minimum atomic E-state index is -0.578. The van der Waals surface area contributed by atoms with E-state index in [0.29, 0.717) is 11.3 Å². The molecule has 0 saturated carbocycles. The molecule has 1 aromatic carbocycles. The monoisotopic (exact) mass is 277 g/mol. The highest BCUT2D eigenvalue weighted by Gasteiger charge is 2.20. The number of nitrogens with zero attached hydrogens (tertiary/aromatic N) is 3. The van der Waals surface area contributed by atoms with E-state index in [2.05, 4.69) is 9.84 Å². The van der Waals surface area contributed by atoms with Gasteiger partial charge >= 0.3 is 17.5 Å². The van der Waals surface area contributed by atoms with Gasteiger partial charge in [0.25, 0.3) is 0 Å². The lowest BCUT2D eigenvalue weighted by Gasteiger charge is -2.03. The number of hydrogen-bond acceptors (Lipinski definition) is 6. The molecule has 0 saturated heterocycles. The Labute approximate surface area is 113 Å². The molecule has 0 atom stereocenters. The molecule has 8 heteroatoms. The maximum atomic E-state index is 11.3. The Bertz CT molecular complexity index is 648. The minimum Gasteiger partial charge on any atom is -0.465 e. The van der Waals surface area contributed by atoms with Gasteiger partial charge in [0.05, 0.1) is 17.6 Å². The van der Waals surface area contributed by atoms with Crippen LogP contribution in [-0.2, 0) is 11.8 Å². The van der Waals surface area contributed by atoms with Gasteiger partial charge < -0.3 is 9.47 Å². The molecule has 104 valence electrons. The van der Waals surface area contributed by atoms with Crippen LogP contribution >= 0.6 is 0 Å². The number of esters is 1. The van der Waals surface area contributed by atoms with E-state index in [9.17, 15) is 14.9 Å². The van der Waals surface area contributed by atoms with Gasteiger partial charge in [0.2, 0.25) is 0 Å². The molecule has 8 nitrogen and oxygen atoms in total. The number of hydrogen-bond donors (Lipinski definition) is 0. The molecule has 0 aliphatic carbocycles. The van der Waals surface area contributed by atoms with E-state index in [1.807, 2.05) is 0 Å². The molecule has 0 aliphatic heterocycles. The zero-order valence-corrected chi connectivity index (χ0v) is 10.8. The SMILES string of the molecule is COC(=O)c1ccc(Oc2nn(C)cc2[N+](=O)[O-])cc1. The summed E-state index contributed by atoms with van der Waals surface area (Å²) in [4.78, 5) is 21.5. The topological polar surface area (TPSA) is 96.5 Å². The van der Waals surface area contributed by atoms with Gasteiger partial charge in [-0.25, -0.2) is 4.79 Å². The number of carbonyl (C=O) groups excluding carboxylic acids is 1. The van der Waals surface area contributed by atoms with Crippen LogP contribution in [0.25, 0.3) is 0 Å². The van der Waals surface area contributed by atoms with Crippen LogP contribution in [0, 0.1) is 10.1 Å². The van der Waals surface area contributed by atoms with E-state index in [1.54, 1.807) is 7.05 Å². The van der Waals surface area contributed by atoms with Crippen molar-refractivity contribution in [2.45, 2.75) is 0 Å². The summed E-state index contributed by atoms with van der Waals surface area (Å²) in [7, 11) is 2.84. The van der Waals surface area contributed by atoms with Gasteiger partial charge in [-0.05, 0) is 24.3 Å². The number of methoxy groups -OCH3 is 1. The van der Waals surface area contributed by atoms with Crippen LogP contribution in [0.1, 0.15) is 10.4 Å². The third-order valence-electron chi connectivity index (χ3n) is 2.46. The van der Waals surface area contributed by atoms with E-state index in [4.69, 9.17) is 4.74 Å². The van der Waals surface area contributed by atoms with Gasteiger partial charge in [0.15, 0.2) is 0 Å². The smallest absolute Gasteiger partial charge is 0.350 e. The Balaban J connectivity index is 2.22. The molecule has 0 bridgehead atoms. The van der Waals surface area contributed by atoms with Crippen LogP contribution in [0.4, 0.5) is 5.69 Å². The highest BCUT2D eigenvalue weighted by atomic mass is 16.6. The van der Waals surface area contributed by atoms with Crippen molar-refractivity contribution in [3.63, 3.8) is 0 Å². The zero-order valence-electron chi connectivity index (χ0n) is 10.8. The molecule has 0 fully saturated rings. The zero-order chi connectivity index (χ0) is 14.7. The van der Waals surface area contributed by atoms with Crippen LogP contribution in [0.5, 0.6) is 11.6 Å². The van der Waals surface area contributed by atoms with Crippen LogP contribution in [0.3, 0.4) is 0 Å². The molecule has 0 unspecified atom stereocenters. The molecule has 0 radical (unpaired) electrons. The summed E-state index contributed by atoms with van der Waals surface area (Å²) >= 11 is 0. The first-order valence-corrected chi connectivity index (χ1v) is 5.55. The van der Waals surface area contributed by atoms with E-state index < -0.39 is 10.9 Å². The molecule has 1 aromatic heterocycles. The second kappa shape index (κ2) is 5.39. The first kappa shape index (κ1) is 13.5. The summed E-state index contributed by atoms with van der Waals surface area (Å²) < 4.78 is 11.2. The second-order valence-corrected chi connectivity index (χ2v) is 3.87. The number of ether oxygens (including phenoxy) is 2. The van der Waals surface area contributed by atoms with Crippen LogP contribution in [0.15, 0.2) is 30.5 Å². The summed E-state index contributed by atoms with van der Waals surface area (Å²) in [6.45, 7) is 0. The Morgan fingerprint density at radius 2 is 2.00 bits per heavy atom.